The average Bonchev–Trinajstić information content (AvgIpc) is 3.05. The van der Waals surface area contributed by atoms with Crippen molar-refractivity contribution in [2.45, 2.75) is 50.5 Å². The summed E-state index contributed by atoms with van der Waals surface area (Å²) in [4.78, 5) is 25.6. The molecule has 0 bridgehead atoms. The zero-order valence-corrected chi connectivity index (χ0v) is 17.8. The Hall–Kier alpha value is -2.20. The minimum atomic E-state index is -5.08. The van der Waals surface area contributed by atoms with E-state index in [1.54, 1.807) is 19.1 Å². The van der Waals surface area contributed by atoms with Crippen molar-refractivity contribution < 1.29 is 37.0 Å². The zero-order chi connectivity index (χ0) is 23.4. The first-order valence-corrected chi connectivity index (χ1v) is 10.0. The normalized spacial score (nSPS) is 23.6. The maximum atomic E-state index is 13.7. The van der Waals surface area contributed by atoms with Gasteiger partial charge in [0.15, 0.2) is 0 Å². The second-order valence-corrected chi connectivity index (χ2v) is 8.32. The first-order valence-electron chi connectivity index (χ1n) is 10.0. The molecule has 2 aliphatic heterocycles. The molecule has 174 valence electrons. The number of ether oxygens (including phenoxy) is 1. The van der Waals surface area contributed by atoms with Gasteiger partial charge < -0.3 is 19.6 Å². The van der Waals surface area contributed by atoms with E-state index in [1.165, 1.54) is 6.07 Å². The number of halogens is 4. The third kappa shape index (κ3) is 6.90. The van der Waals surface area contributed by atoms with Crippen LogP contribution in [0.4, 0.5) is 17.6 Å². The lowest BCUT2D eigenvalue weighted by Gasteiger charge is -2.39. The minimum absolute atomic E-state index is 0.0934. The summed E-state index contributed by atoms with van der Waals surface area (Å²) >= 11 is 0. The SMILES string of the molecule is Cc1ccc(C(=O)N2CC[C@]3(CCC[C@@H](CN(C)C)O3)C2)cc1F.O=C(O)C(F)(F)F. The van der Waals surface area contributed by atoms with E-state index in [4.69, 9.17) is 14.6 Å². The number of carboxylic acid groups (broad SMARTS) is 1. The van der Waals surface area contributed by atoms with Gasteiger partial charge in [0.25, 0.3) is 5.91 Å². The Kier molecular flexibility index (Phi) is 8.04. The Labute approximate surface area is 178 Å². The highest BCUT2D eigenvalue weighted by molar-refractivity contribution is 5.94. The highest BCUT2D eigenvalue weighted by Crippen LogP contribution is 2.37. The number of aliphatic carboxylic acids is 1. The summed E-state index contributed by atoms with van der Waals surface area (Å²) in [6.45, 7) is 3.92. The number of hydrogen-bond acceptors (Lipinski definition) is 4. The van der Waals surface area contributed by atoms with Crippen molar-refractivity contribution in [1.82, 2.24) is 9.80 Å². The van der Waals surface area contributed by atoms with E-state index in [0.29, 0.717) is 24.2 Å². The van der Waals surface area contributed by atoms with Crippen molar-refractivity contribution in [2.24, 2.45) is 0 Å². The summed E-state index contributed by atoms with van der Waals surface area (Å²) in [6, 6.07) is 4.72. The van der Waals surface area contributed by atoms with Gasteiger partial charge in [-0.1, -0.05) is 6.07 Å². The lowest BCUT2D eigenvalue weighted by atomic mass is 9.90. The number of carboxylic acids is 1. The summed E-state index contributed by atoms with van der Waals surface area (Å²) in [7, 11) is 4.11. The first kappa shape index (κ1) is 25.1. The Morgan fingerprint density at radius 3 is 2.48 bits per heavy atom. The molecule has 0 unspecified atom stereocenters. The molecule has 0 aliphatic carbocycles. The van der Waals surface area contributed by atoms with Crippen molar-refractivity contribution >= 4 is 11.9 Å². The Balaban J connectivity index is 0.000000423. The average molecular weight is 448 g/mol. The second kappa shape index (κ2) is 9.95. The van der Waals surface area contributed by atoms with Crippen LogP contribution in [0.3, 0.4) is 0 Å². The molecular weight excluding hydrogens is 420 g/mol. The number of benzene rings is 1. The summed E-state index contributed by atoms with van der Waals surface area (Å²) in [5.41, 5.74) is 0.778. The molecule has 0 saturated carbocycles. The van der Waals surface area contributed by atoms with Gasteiger partial charge in [-0.05, 0) is 64.4 Å². The third-order valence-electron chi connectivity index (χ3n) is 5.41. The molecule has 2 atom stereocenters. The van der Waals surface area contributed by atoms with E-state index in [1.807, 2.05) is 4.90 Å². The molecule has 3 rings (SSSR count). The summed E-state index contributed by atoms with van der Waals surface area (Å²) in [6.07, 6.45) is -0.753. The molecule has 2 saturated heterocycles. The van der Waals surface area contributed by atoms with Crippen molar-refractivity contribution in [1.29, 1.82) is 0 Å². The van der Waals surface area contributed by atoms with Gasteiger partial charge >= 0.3 is 12.1 Å². The van der Waals surface area contributed by atoms with E-state index in [0.717, 1.165) is 32.2 Å². The second-order valence-electron chi connectivity index (χ2n) is 8.32. The van der Waals surface area contributed by atoms with Crippen LogP contribution in [0.5, 0.6) is 0 Å². The summed E-state index contributed by atoms with van der Waals surface area (Å²) < 4.78 is 51.9. The molecule has 2 aliphatic rings. The number of amides is 1. The smallest absolute Gasteiger partial charge is 0.475 e. The van der Waals surface area contributed by atoms with Crippen LogP contribution in [0.1, 0.15) is 41.6 Å². The zero-order valence-electron chi connectivity index (χ0n) is 17.8. The topological polar surface area (TPSA) is 70.1 Å². The number of hydrogen-bond donors (Lipinski definition) is 1. The van der Waals surface area contributed by atoms with Gasteiger partial charge in [0.1, 0.15) is 5.82 Å². The predicted molar refractivity (Wildman–Crippen MR) is 105 cm³/mol. The van der Waals surface area contributed by atoms with Gasteiger partial charge in [0.2, 0.25) is 0 Å². The fourth-order valence-electron chi connectivity index (χ4n) is 3.89. The maximum Gasteiger partial charge on any atom is 0.490 e. The highest BCUT2D eigenvalue weighted by atomic mass is 19.4. The molecular formula is C21H28F4N2O4. The molecule has 10 heteroatoms. The van der Waals surface area contributed by atoms with Gasteiger partial charge in [-0.15, -0.1) is 0 Å². The minimum Gasteiger partial charge on any atom is -0.475 e. The van der Waals surface area contributed by atoms with Crippen LogP contribution in [0.25, 0.3) is 0 Å². The fraction of sp³-hybridized carbons (Fsp3) is 0.619. The lowest BCUT2D eigenvalue weighted by molar-refractivity contribution is -0.192. The highest BCUT2D eigenvalue weighted by Gasteiger charge is 2.44. The number of alkyl halides is 3. The van der Waals surface area contributed by atoms with Crippen LogP contribution in [0.15, 0.2) is 18.2 Å². The van der Waals surface area contributed by atoms with Crippen LogP contribution < -0.4 is 0 Å². The van der Waals surface area contributed by atoms with Gasteiger partial charge in [-0.2, -0.15) is 13.2 Å². The number of aryl methyl sites for hydroxylation is 1. The molecule has 1 aromatic carbocycles. The number of likely N-dealkylation sites (tertiary alicyclic amines) is 1. The van der Waals surface area contributed by atoms with E-state index < -0.39 is 12.1 Å². The van der Waals surface area contributed by atoms with Crippen LogP contribution in [0.2, 0.25) is 0 Å². The number of carbonyl (C=O) groups is 2. The third-order valence-corrected chi connectivity index (χ3v) is 5.41. The van der Waals surface area contributed by atoms with Gasteiger partial charge in [0, 0.05) is 18.7 Å². The number of rotatable bonds is 3. The van der Waals surface area contributed by atoms with Crippen LogP contribution in [-0.4, -0.2) is 78.4 Å². The molecule has 2 heterocycles. The quantitative estimate of drug-likeness (QED) is 0.717. The van der Waals surface area contributed by atoms with E-state index in [2.05, 4.69) is 19.0 Å². The Bertz CT molecular complexity index is 800. The summed E-state index contributed by atoms with van der Waals surface area (Å²) in [5.74, 6) is -3.17. The van der Waals surface area contributed by atoms with Crippen LogP contribution in [-0.2, 0) is 9.53 Å². The molecule has 0 radical (unpaired) electrons. The van der Waals surface area contributed by atoms with E-state index in [-0.39, 0.29) is 23.4 Å². The van der Waals surface area contributed by atoms with Gasteiger partial charge in [0.05, 0.1) is 18.2 Å². The molecule has 1 spiro atoms. The van der Waals surface area contributed by atoms with Crippen molar-refractivity contribution in [3.8, 4) is 0 Å². The molecule has 1 amide bonds. The Morgan fingerprint density at radius 2 is 1.94 bits per heavy atom. The Morgan fingerprint density at radius 1 is 1.29 bits per heavy atom. The number of nitrogens with zero attached hydrogens (tertiary/aromatic N) is 2. The van der Waals surface area contributed by atoms with Crippen molar-refractivity contribution in [2.75, 3.05) is 33.7 Å². The molecule has 2 fully saturated rings. The molecule has 1 N–H and O–H groups in total. The molecule has 6 nitrogen and oxygen atoms in total. The van der Waals surface area contributed by atoms with Crippen molar-refractivity contribution in [3.05, 3.63) is 35.1 Å². The van der Waals surface area contributed by atoms with Gasteiger partial charge in [-0.3, -0.25) is 4.79 Å². The van der Waals surface area contributed by atoms with Crippen LogP contribution >= 0.6 is 0 Å². The number of likely N-dealkylation sites (N-methyl/N-ethyl adjacent to an activating group) is 1. The van der Waals surface area contributed by atoms with Crippen LogP contribution in [0, 0.1) is 12.7 Å². The maximum absolute atomic E-state index is 13.7. The first-order chi connectivity index (χ1) is 14.3. The predicted octanol–water partition coefficient (Wildman–Crippen LogP) is 3.48. The van der Waals surface area contributed by atoms with E-state index in [9.17, 15) is 22.4 Å². The number of carbonyl (C=O) groups excluding carboxylic acids is 1. The van der Waals surface area contributed by atoms with Gasteiger partial charge in [-0.25, -0.2) is 9.18 Å². The molecule has 31 heavy (non-hydrogen) atoms. The van der Waals surface area contributed by atoms with E-state index >= 15 is 0 Å². The standard InChI is InChI=1S/C19H27FN2O2.C2HF3O2/c1-14-6-7-15(11-17(14)20)18(23)22-10-9-19(13-22)8-4-5-16(24-19)12-21(2)3;3-2(4,5)1(6)7/h6-7,11,16H,4-5,8-10,12-13H2,1-3H3;(H,6,7)/t16-,19+;/m0./s1. The van der Waals surface area contributed by atoms with Crippen molar-refractivity contribution in [3.63, 3.8) is 0 Å². The lowest BCUT2D eigenvalue weighted by Crippen LogP contribution is -2.46. The largest absolute Gasteiger partial charge is 0.490 e. The molecule has 1 aromatic rings. The monoisotopic (exact) mass is 448 g/mol. The fourth-order valence-corrected chi connectivity index (χ4v) is 3.89. The summed E-state index contributed by atoms with van der Waals surface area (Å²) in [5, 5.41) is 7.12. The molecule has 0 aromatic heterocycles.